The molecule has 5 nitrogen and oxygen atoms in total. The van der Waals surface area contributed by atoms with E-state index in [0.717, 1.165) is 19.3 Å². The smallest absolute Gasteiger partial charge is 0.325 e. The Hall–Kier alpha value is -0.620. The molecule has 0 aromatic carbocycles. The Kier molecular flexibility index (Phi) is 3.93. The van der Waals surface area contributed by atoms with E-state index in [1.54, 1.807) is 0 Å². The molecule has 1 unspecified atom stereocenters. The molecule has 110 valence electrons. The molecule has 0 amide bonds. The number of carbonyl (C=O) groups is 1. The highest BCUT2D eigenvalue weighted by atomic mass is 32.2. The molecule has 2 rings (SSSR count). The first-order chi connectivity index (χ1) is 8.82. The third-order valence-electron chi connectivity index (χ3n) is 4.69. The third-order valence-corrected chi connectivity index (χ3v) is 6.85. The van der Waals surface area contributed by atoms with Gasteiger partial charge in [-0.3, -0.25) is 4.79 Å². The summed E-state index contributed by atoms with van der Waals surface area (Å²) in [6.07, 6.45) is 3.56. The van der Waals surface area contributed by atoms with E-state index in [-0.39, 0.29) is 11.7 Å². The summed E-state index contributed by atoms with van der Waals surface area (Å²) in [6, 6.07) is 0. The van der Waals surface area contributed by atoms with Crippen LogP contribution >= 0.6 is 0 Å². The van der Waals surface area contributed by atoms with Gasteiger partial charge in [-0.2, -0.15) is 4.31 Å². The molecule has 0 aromatic rings. The van der Waals surface area contributed by atoms with Crippen molar-refractivity contribution < 1.29 is 18.3 Å². The molecule has 0 aromatic heterocycles. The maximum atomic E-state index is 12.2. The van der Waals surface area contributed by atoms with Gasteiger partial charge in [-0.25, -0.2) is 8.42 Å². The van der Waals surface area contributed by atoms with Crippen LogP contribution in [0.15, 0.2) is 0 Å². The maximum absolute atomic E-state index is 12.2. The highest BCUT2D eigenvalue weighted by Crippen LogP contribution is 2.41. The minimum absolute atomic E-state index is 0.0186. The zero-order chi connectivity index (χ0) is 14.3. The molecule has 0 radical (unpaired) electrons. The fourth-order valence-corrected chi connectivity index (χ4v) is 5.75. The van der Waals surface area contributed by atoms with Crippen LogP contribution in [0.5, 0.6) is 0 Å². The fraction of sp³-hybridized carbons (Fsp3) is 0.923. The summed E-state index contributed by atoms with van der Waals surface area (Å²) in [7, 11) is -3.41. The minimum atomic E-state index is -3.41. The van der Waals surface area contributed by atoms with E-state index in [0.29, 0.717) is 25.3 Å². The first-order valence-corrected chi connectivity index (χ1v) is 8.66. The second kappa shape index (κ2) is 5.05. The van der Waals surface area contributed by atoms with Crippen molar-refractivity contribution in [2.75, 3.05) is 12.3 Å². The van der Waals surface area contributed by atoms with E-state index < -0.39 is 21.5 Å². The molecule has 0 bridgehead atoms. The van der Waals surface area contributed by atoms with Crippen molar-refractivity contribution in [3.63, 3.8) is 0 Å². The summed E-state index contributed by atoms with van der Waals surface area (Å²) < 4.78 is 25.7. The fourth-order valence-electron chi connectivity index (χ4n) is 3.47. The number of carboxylic acids is 1. The van der Waals surface area contributed by atoms with Gasteiger partial charge in [0.15, 0.2) is 0 Å². The van der Waals surface area contributed by atoms with Crippen molar-refractivity contribution in [1.29, 1.82) is 0 Å². The lowest BCUT2D eigenvalue weighted by molar-refractivity contribution is -0.151. The van der Waals surface area contributed by atoms with Crippen molar-refractivity contribution in [3.05, 3.63) is 0 Å². The van der Waals surface area contributed by atoms with Crippen LogP contribution in [0.25, 0.3) is 0 Å². The molecule has 0 spiro atoms. The highest BCUT2D eigenvalue weighted by molar-refractivity contribution is 7.89. The van der Waals surface area contributed by atoms with Crippen LogP contribution in [-0.4, -0.2) is 41.6 Å². The van der Waals surface area contributed by atoms with Gasteiger partial charge in [-0.15, -0.1) is 0 Å². The molecular formula is C13H23NO4S. The van der Waals surface area contributed by atoms with Crippen LogP contribution < -0.4 is 0 Å². The Morgan fingerprint density at radius 2 is 1.95 bits per heavy atom. The molecule has 1 aliphatic heterocycles. The van der Waals surface area contributed by atoms with Crippen LogP contribution in [-0.2, 0) is 14.8 Å². The monoisotopic (exact) mass is 289 g/mol. The summed E-state index contributed by atoms with van der Waals surface area (Å²) in [5, 5.41) is 9.62. The van der Waals surface area contributed by atoms with Crippen molar-refractivity contribution in [1.82, 2.24) is 4.31 Å². The zero-order valence-electron chi connectivity index (χ0n) is 11.6. The molecule has 1 aliphatic carbocycles. The Labute approximate surface area is 115 Å². The number of rotatable bonds is 3. The summed E-state index contributed by atoms with van der Waals surface area (Å²) in [4.78, 5) is 11.7. The molecule has 6 heteroatoms. The van der Waals surface area contributed by atoms with Crippen LogP contribution in [0.1, 0.15) is 46.0 Å². The quantitative estimate of drug-likeness (QED) is 0.858. The van der Waals surface area contributed by atoms with Gasteiger partial charge in [0.1, 0.15) is 5.54 Å². The second-order valence-corrected chi connectivity index (χ2v) is 8.04. The second-order valence-electron chi connectivity index (χ2n) is 6.10. The first-order valence-electron chi connectivity index (χ1n) is 7.05. The van der Waals surface area contributed by atoms with Gasteiger partial charge in [0.2, 0.25) is 10.0 Å². The Balaban J connectivity index is 2.29. The molecule has 1 atom stereocenters. The predicted molar refractivity (Wildman–Crippen MR) is 72.3 cm³/mol. The summed E-state index contributed by atoms with van der Waals surface area (Å²) in [6.45, 7) is 4.32. The average Bonchev–Trinajstić information content (AvgIpc) is 2.62. The average molecular weight is 289 g/mol. The molecule has 2 aliphatic rings. The van der Waals surface area contributed by atoms with E-state index in [1.165, 1.54) is 4.31 Å². The number of carboxylic acid groups (broad SMARTS) is 1. The Morgan fingerprint density at radius 1 is 1.37 bits per heavy atom. The number of sulfonamides is 1. The molecule has 1 N–H and O–H groups in total. The van der Waals surface area contributed by atoms with Gasteiger partial charge < -0.3 is 5.11 Å². The van der Waals surface area contributed by atoms with Crippen LogP contribution in [0.4, 0.5) is 0 Å². The predicted octanol–water partition coefficient (Wildman–Crippen LogP) is 1.69. The van der Waals surface area contributed by atoms with E-state index in [4.69, 9.17) is 0 Å². The van der Waals surface area contributed by atoms with Crippen LogP contribution in [0.3, 0.4) is 0 Å². The molecule has 1 saturated carbocycles. The standard InChI is InChI=1S/C13H23NO4S/c1-3-11-4-6-13(7-5-11,12(15)16)14-8-10(2)9-19(14,17)18/h10-11H,3-9H2,1-2H3,(H,15,16). The Bertz CT molecular complexity index is 451. The Morgan fingerprint density at radius 3 is 2.32 bits per heavy atom. The number of hydrogen-bond donors (Lipinski definition) is 1. The number of hydrogen-bond acceptors (Lipinski definition) is 3. The van der Waals surface area contributed by atoms with Crippen molar-refractivity contribution in [2.45, 2.75) is 51.5 Å². The normalized spacial score (nSPS) is 39.3. The number of nitrogens with zero attached hydrogens (tertiary/aromatic N) is 1. The van der Waals surface area contributed by atoms with Gasteiger partial charge in [0.25, 0.3) is 0 Å². The van der Waals surface area contributed by atoms with E-state index >= 15 is 0 Å². The van der Waals surface area contributed by atoms with Crippen molar-refractivity contribution >= 4 is 16.0 Å². The van der Waals surface area contributed by atoms with Crippen molar-refractivity contribution in [2.24, 2.45) is 11.8 Å². The molecule has 2 fully saturated rings. The van der Waals surface area contributed by atoms with Gasteiger partial charge in [-0.1, -0.05) is 20.3 Å². The summed E-state index contributed by atoms with van der Waals surface area (Å²) >= 11 is 0. The number of aliphatic carboxylic acids is 1. The summed E-state index contributed by atoms with van der Waals surface area (Å²) in [5.74, 6) is -0.334. The van der Waals surface area contributed by atoms with E-state index in [2.05, 4.69) is 6.92 Å². The topological polar surface area (TPSA) is 74.7 Å². The molecule has 1 heterocycles. The first kappa shape index (κ1) is 14.8. The van der Waals surface area contributed by atoms with Crippen LogP contribution in [0.2, 0.25) is 0 Å². The maximum Gasteiger partial charge on any atom is 0.325 e. The lowest BCUT2D eigenvalue weighted by Crippen LogP contribution is -2.57. The van der Waals surface area contributed by atoms with Gasteiger partial charge >= 0.3 is 5.97 Å². The van der Waals surface area contributed by atoms with E-state index in [9.17, 15) is 18.3 Å². The highest BCUT2D eigenvalue weighted by Gasteiger charge is 2.54. The summed E-state index contributed by atoms with van der Waals surface area (Å²) in [5.41, 5.74) is -1.19. The molecule has 1 saturated heterocycles. The van der Waals surface area contributed by atoms with Crippen molar-refractivity contribution in [3.8, 4) is 0 Å². The SMILES string of the molecule is CCC1CCC(C(=O)O)(N2CC(C)CS2(=O)=O)CC1. The lowest BCUT2D eigenvalue weighted by Gasteiger charge is -2.42. The molecule has 19 heavy (non-hydrogen) atoms. The van der Waals surface area contributed by atoms with Gasteiger partial charge in [-0.05, 0) is 37.5 Å². The minimum Gasteiger partial charge on any atom is -0.480 e. The van der Waals surface area contributed by atoms with Gasteiger partial charge in [0.05, 0.1) is 5.75 Å². The van der Waals surface area contributed by atoms with E-state index in [1.807, 2.05) is 6.92 Å². The zero-order valence-corrected chi connectivity index (χ0v) is 12.4. The van der Waals surface area contributed by atoms with Crippen LogP contribution in [0, 0.1) is 11.8 Å². The van der Waals surface area contributed by atoms with Gasteiger partial charge in [0, 0.05) is 6.54 Å². The molecular weight excluding hydrogens is 266 g/mol. The third kappa shape index (κ3) is 2.52. The largest absolute Gasteiger partial charge is 0.480 e. The lowest BCUT2D eigenvalue weighted by atomic mass is 9.75.